The average molecular weight is 426 g/mol. The molecule has 0 aliphatic carbocycles. The largest absolute Gasteiger partial charge is 0.573 e. The number of nitrogens with zero attached hydrogens (tertiary/aromatic N) is 2. The number of aryl methyl sites for hydroxylation is 1. The van der Waals surface area contributed by atoms with Crippen LogP contribution in [0.1, 0.15) is 18.3 Å². The van der Waals surface area contributed by atoms with Crippen molar-refractivity contribution in [2.45, 2.75) is 26.1 Å². The molecule has 0 aliphatic heterocycles. The van der Waals surface area contributed by atoms with Crippen LogP contribution in [0.15, 0.2) is 47.3 Å². The molecule has 1 amide bonds. The maximum atomic E-state index is 12.8. The molecule has 6 nitrogen and oxygen atoms in total. The molecule has 3 rings (SSSR count). The number of alkyl halides is 3. The summed E-state index contributed by atoms with van der Waals surface area (Å²) in [7, 11) is 0. The van der Waals surface area contributed by atoms with Gasteiger partial charge in [0.2, 0.25) is 5.91 Å². The first-order chi connectivity index (χ1) is 13.7. The van der Waals surface area contributed by atoms with E-state index in [1.807, 2.05) is 0 Å². The average Bonchev–Trinajstić information content (AvgIpc) is 2.65. The molecule has 0 saturated heterocycles. The molecule has 0 aliphatic rings. The highest BCUT2D eigenvalue weighted by atomic mass is 35.5. The Morgan fingerprint density at radius 1 is 1.21 bits per heavy atom. The van der Waals surface area contributed by atoms with Crippen LogP contribution in [-0.2, 0) is 17.6 Å². The Kier molecular flexibility index (Phi) is 5.78. The topological polar surface area (TPSA) is 73.2 Å². The maximum absolute atomic E-state index is 12.8. The van der Waals surface area contributed by atoms with Crippen molar-refractivity contribution in [3.05, 3.63) is 69.2 Å². The molecule has 0 bridgehead atoms. The summed E-state index contributed by atoms with van der Waals surface area (Å²) in [6, 6.07) is 10.2. The minimum Gasteiger partial charge on any atom is -0.403 e. The van der Waals surface area contributed by atoms with Gasteiger partial charge >= 0.3 is 6.36 Å². The number of fused-ring (bicyclic) bond motifs is 1. The maximum Gasteiger partial charge on any atom is 0.573 e. The van der Waals surface area contributed by atoms with Gasteiger partial charge in [0.05, 0.1) is 11.8 Å². The van der Waals surface area contributed by atoms with E-state index in [0.29, 0.717) is 10.6 Å². The van der Waals surface area contributed by atoms with Crippen LogP contribution in [-0.4, -0.2) is 21.9 Å². The lowest BCUT2D eigenvalue weighted by Gasteiger charge is -2.15. The lowest BCUT2D eigenvalue weighted by Crippen LogP contribution is -2.37. The summed E-state index contributed by atoms with van der Waals surface area (Å²) in [6.45, 7) is 1.66. The number of halogens is 4. The van der Waals surface area contributed by atoms with E-state index in [4.69, 9.17) is 11.6 Å². The van der Waals surface area contributed by atoms with Crippen molar-refractivity contribution < 1.29 is 22.7 Å². The summed E-state index contributed by atoms with van der Waals surface area (Å²) in [5, 5.41) is 0.407. The smallest absolute Gasteiger partial charge is 0.403 e. The molecule has 0 fully saturated rings. The zero-order valence-corrected chi connectivity index (χ0v) is 15.8. The number of carbonyl (C=O) groups is 1. The van der Waals surface area contributed by atoms with Crippen LogP contribution >= 0.6 is 11.6 Å². The molecule has 0 unspecified atom stereocenters. The number of amides is 1. The van der Waals surface area contributed by atoms with Crippen molar-refractivity contribution in [2.75, 3.05) is 5.43 Å². The van der Waals surface area contributed by atoms with Gasteiger partial charge in [0.15, 0.2) is 5.75 Å². The SMILES string of the molecule is CCc1nc2c(OC(F)(F)F)cccc2c(=O)n1NC(=O)Cc1ccc(Cl)cc1. The fourth-order valence-corrected chi connectivity index (χ4v) is 2.86. The highest BCUT2D eigenvalue weighted by Crippen LogP contribution is 2.28. The summed E-state index contributed by atoms with van der Waals surface area (Å²) >= 11 is 5.81. The first-order valence-electron chi connectivity index (χ1n) is 8.52. The molecule has 29 heavy (non-hydrogen) atoms. The fraction of sp³-hybridized carbons (Fsp3) is 0.211. The van der Waals surface area contributed by atoms with Gasteiger partial charge in [-0.2, -0.15) is 0 Å². The molecule has 0 radical (unpaired) electrons. The molecule has 1 heterocycles. The van der Waals surface area contributed by atoms with Gasteiger partial charge in [0, 0.05) is 11.4 Å². The number of ether oxygens (including phenoxy) is 1. The van der Waals surface area contributed by atoms with Crippen LogP contribution in [0.25, 0.3) is 10.9 Å². The van der Waals surface area contributed by atoms with Crippen molar-refractivity contribution in [1.29, 1.82) is 0 Å². The van der Waals surface area contributed by atoms with Crippen LogP contribution in [0.2, 0.25) is 5.02 Å². The number of hydrogen-bond donors (Lipinski definition) is 1. The third kappa shape index (κ3) is 4.86. The minimum atomic E-state index is -4.93. The number of hydrogen-bond acceptors (Lipinski definition) is 4. The second-order valence-corrected chi connectivity index (χ2v) is 6.50. The third-order valence-corrected chi connectivity index (χ3v) is 4.24. The Morgan fingerprint density at radius 2 is 1.90 bits per heavy atom. The van der Waals surface area contributed by atoms with E-state index in [2.05, 4.69) is 15.1 Å². The number of carbonyl (C=O) groups excluding carboxylic acids is 1. The van der Waals surface area contributed by atoms with Gasteiger partial charge < -0.3 is 4.74 Å². The van der Waals surface area contributed by atoms with E-state index < -0.39 is 23.6 Å². The van der Waals surface area contributed by atoms with E-state index >= 15 is 0 Å². The lowest BCUT2D eigenvalue weighted by atomic mass is 10.1. The minimum absolute atomic E-state index is 0.0258. The third-order valence-electron chi connectivity index (χ3n) is 3.99. The van der Waals surface area contributed by atoms with Gasteiger partial charge in [0.1, 0.15) is 11.3 Å². The van der Waals surface area contributed by atoms with Crippen molar-refractivity contribution in [1.82, 2.24) is 9.66 Å². The van der Waals surface area contributed by atoms with Crippen LogP contribution in [0, 0.1) is 0 Å². The number of para-hydroxylation sites is 1. The molecule has 0 spiro atoms. The van der Waals surface area contributed by atoms with Crippen molar-refractivity contribution in [2.24, 2.45) is 0 Å². The predicted molar refractivity (Wildman–Crippen MR) is 102 cm³/mol. The normalized spacial score (nSPS) is 11.5. The van der Waals surface area contributed by atoms with Crippen LogP contribution in [0.5, 0.6) is 5.75 Å². The fourth-order valence-electron chi connectivity index (χ4n) is 2.74. The molecular formula is C19H15ClF3N3O3. The van der Waals surface area contributed by atoms with E-state index in [1.165, 1.54) is 12.1 Å². The molecule has 0 atom stereocenters. The van der Waals surface area contributed by atoms with Gasteiger partial charge in [-0.05, 0) is 29.8 Å². The highest BCUT2D eigenvalue weighted by Gasteiger charge is 2.32. The van der Waals surface area contributed by atoms with Crippen LogP contribution < -0.4 is 15.7 Å². The molecule has 3 aromatic rings. The van der Waals surface area contributed by atoms with Crippen molar-refractivity contribution >= 4 is 28.4 Å². The predicted octanol–water partition coefficient (Wildman–Crippen LogP) is 3.82. The van der Waals surface area contributed by atoms with Gasteiger partial charge in [-0.1, -0.05) is 36.7 Å². The second kappa shape index (κ2) is 8.12. The lowest BCUT2D eigenvalue weighted by molar-refractivity contribution is -0.274. The number of benzene rings is 2. The molecule has 0 saturated carbocycles. The number of rotatable bonds is 5. The molecule has 1 N–H and O–H groups in total. The number of nitrogens with one attached hydrogen (secondary N) is 1. The first kappa shape index (κ1) is 20.7. The number of aromatic nitrogens is 2. The first-order valence-corrected chi connectivity index (χ1v) is 8.90. The quantitative estimate of drug-likeness (QED) is 0.674. The molecular weight excluding hydrogens is 411 g/mol. The summed E-state index contributed by atoms with van der Waals surface area (Å²) in [5.74, 6) is -0.986. The highest BCUT2D eigenvalue weighted by molar-refractivity contribution is 6.30. The monoisotopic (exact) mass is 425 g/mol. The van der Waals surface area contributed by atoms with Crippen LogP contribution in [0.4, 0.5) is 13.2 Å². The Hall–Kier alpha value is -3.07. The standard InChI is InChI=1S/C19H15ClF3N3O3/c1-2-15-24-17-13(4-3-5-14(17)29-19(21,22)23)18(28)26(15)25-16(27)10-11-6-8-12(20)9-7-11/h3-9H,2,10H2,1H3,(H,25,27). The van der Waals surface area contributed by atoms with Crippen molar-refractivity contribution in [3.63, 3.8) is 0 Å². The summed E-state index contributed by atoms with van der Waals surface area (Å²) in [6.07, 6.45) is -4.77. The molecule has 152 valence electrons. The molecule has 2 aromatic carbocycles. The van der Waals surface area contributed by atoms with Gasteiger partial charge in [0.25, 0.3) is 5.56 Å². The Bertz CT molecular complexity index is 1110. The zero-order chi connectivity index (χ0) is 21.2. The summed E-state index contributed by atoms with van der Waals surface area (Å²) < 4.78 is 42.8. The summed E-state index contributed by atoms with van der Waals surface area (Å²) in [5.41, 5.74) is 2.20. The zero-order valence-electron chi connectivity index (χ0n) is 15.1. The Morgan fingerprint density at radius 3 is 2.52 bits per heavy atom. The summed E-state index contributed by atoms with van der Waals surface area (Å²) in [4.78, 5) is 29.3. The van der Waals surface area contributed by atoms with E-state index in [9.17, 15) is 22.8 Å². The second-order valence-electron chi connectivity index (χ2n) is 6.06. The van der Waals surface area contributed by atoms with E-state index in [1.54, 1.807) is 31.2 Å². The Balaban J connectivity index is 1.97. The van der Waals surface area contributed by atoms with Crippen molar-refractivity contribution in [3.8, 4) is 5.75 Å². The van der Waals surface area contributed by atoms with Gasteiger partial charge in [-0.25, -0.2) is 9.66 Å². The Labute approximate surface area is 167 Å². The van der Waals surface area contributed by atoms with E-state index in [-0.39, 0.29) is 29.6 Å². The molecule has 1 aromatic heterocycles. The van der Waals surface area contributed by atoms with E-state index in [0.717, 1.165) is 10.7 Å². The molecule has 10 heteroatoms. The van der Waals surface area contributed by atoms with Gasteiger partial charge in [-0.15, -0.1) is 13.2 Å². The van der Waals surface area contributed by atoms with Gasteiger partial charge in [-0.3, -0.25) is 15.0 Å². The van der Waals surface area contributed by atoms with Crippen LogP contribution in [0.3, 0.4) is 0 Å².